The van der Waals surface area contributed by atoms with Crippen molar-refractivity contribution in [1.29, 1.82) is 0 Å². The molecule has 0 amide bonds. The third-order valence-electron chi connectivity index (χ3n) is 2.94. The normalized spacial score (nSPS) is 16.2. The fourth-order valence-corrected chi connectivity index (χ4v) is 1.88. The number of rotatable bonds is 3. The summed E-state index contributed by atoms with van der Waals surface area (Å²) in [6, 6.07) is 6.29. The predicted molar refractivity (Wildman–Crippen MR) is 66.7 cm³/mol. The molecule has 2 rings (SSSR count). The van der Waals surface area contributed by atoms with Crippen LogP contribution in [0, 0.1) is 0 Å². The van der Waals surface area contributed by atoms with E-state index in [4.69, 9.17) is 10.5 Å². The summed E-state index contributed by atoms with van der Waals surface area (Å²) in [4.78, 5) is 0. The summed E-state index contributed by atoms with van der Waals surface area (Å²) in [6.07, 6.45) is 2.85. The molecule has 0 spiro atoms. The molecule has 0 saturated heterocycles. The van der Waals surface area contributed by atoms with E-state index in [1.165, 1.54) is 24.0 Å². The Morgan fingerprint density at radius 3 is 2.50 bits per heavy atom. The summed E-state index contributed by atoms with van der Waals surface area (Å²) < 4.78 is 5.82. The van der Waals surface area contributed by atoms with Gasteiger partial charge in [0, 0.05) is 6.54 Å². The highest BCUT2D eigenvalue weighted by atomic mass is 16.5. The summed E-state index contributed by atoms with van der Waals surface area (Å²) in [5, 5.41) is 0. The van der Waals surface area contributed by atoms with Crippen molar-refractivity contribution in [2.75, 3.05) is 0 Å². The van der Waals surface area contributed by atoms with Crippen molar-refractivity contribution >= 4 is 0 Å². The standard InChI is InChI=1S/C14H21NO/c1-14(2,3)13-8-12(16-11-6-7-11)5-4-10(13)9-15/h4-5,8,11H,6-7,9,15H2,1-3H3. The van der Waals surface area contributed by atoms with E-state index < -0.39 is 0 Å². The first-order valence-corrected chi connectivity index (χ1v) is 6.01. The zero-order valence-electron chi connectivity index (χ0n) is 10.4. The first-order chi connectivity index (χ1) is 7.50. The summed E-state index contributed by atoms with van der Waals surface area (Å²) in [6.45, 7) is 7.23. The third kappa shape index (κ3) is 2.56. The minimum Gasteiger partial charge on any atom is -0.490 e. The maximum atomic E-state index is 5.82. The number of hydrogen-bond donors (Lipinski definition) is 1. The van der Waals surface area contributed by atoms with Crippen molar-refractivity contribution in [3.63, 3.8) is 0 Å². The van der Waals surface area contributed by atoms with Gasteiger partial charge >= 0.3 is 0 Å². The predicted octanol–water partition coefficient (Wildman–Crippen LogP) is 2.98. The van der Waals surface area contributed by atoms with Crippen LogP contribution >= 0.6 is 0 Å². The van der Waals surface area contributed by atoms with Crippen LogP contribution in [0.4, 0.5) is 0 Å². The highest BCUT2D eigenvalue weighted by Crippen LogP contribution is 2.32. The molecule has 88 valence electrons. The van der Waals surface area contributed by atoms with Crippen LogP contribution in [0.1, 0.15) is 44.7 Å². The molecule has 0 aromatic heterocycles. The Morgan fingerprint density at radius 1 is 1.31 bits per heavy atom. The quantitative estimate of drug-likeness (QED) is 0.848. The van der Waals surface area contributed by atoms with Crippen LogP contribution < -0.4 is 10.5 Å². The SMILES string of the molecule is CC(C)(C)c1cc(OC2CC2)ccc1CN. The van der Waals surface area contributed by atoms with E-state index in [2.05, 4.69) is 32.9 Å². The van der Waals surface area contributed by atoms with Crippen molar-refractivity contribution < 1.29 is 4.74 Å². The number of ether oxygens (including phenoxy) is 1. The molecule has 1 aliphatic carbocycles. The monoisotopic (exact) mass is 219 g/mol. The van der Waals surface area contributed by atoms with Crippen molar-refractivity contribution in [1.82, 2.24) is 0 Å². The average molecular weight is 219 g/mol. The zero-order valence-corrected chi connectivity index (χ0v) is 10.4. The van der Waals surface area contributed by atoms with E-state index in [9.17, 15) is 0 Å². The molecule has 0 bridgehead atoms. The summed E-state index contributed by atoms with van der Waals surface area (Å²) in [7, 11) is 0. The lowest BCUT2D eigenvalue weighted by Gasteiger charge is -2.23. The van der Waals surface area contributed by atoms with Crippen LogP contribution in [0.15, 0.2) is 18.2 Å². The molecule has 0 heterocycles. The molecule has 1 fully saturated rings. The Balaban J connectivity index is 2.29. The largest absolute Gasteiger partial charge is 0.490 e. The third-order valence-corrected chi connectivity index (χ3v) is 2.94. The van der Waals surface area contributed by atoms with Gasteiger partial charge in [-0.3, -0.25) is 0 Å². The highest BCUT2D eigenvalue weighted by molar-refractivity contribution is 5.39. The molecule has 1 aromatic rings. The molecule has 1 aromatic carbocycles. The van der Waals surface area contributed by atoms with Crippen LogP contribution in [-0.4, -0.2) is 6.10 Å². The molecule has 16 heavy (non-hydrogen) atoms. The molecule has 2 heteroatoms. The first-order valence-electron chi connectivity index (χ1n) is 6.01. The van der Waals surface area contributed by atoms with Crippen LogP contribution in [0.5, 0.6) is 5.75 Å². The minimum absolute atomic E-state index is 0.123. The van der Waals surface area contributed by atoms with Gasteiger partial charge in [0.1, 0.15) is 5.75 Å². The fraction of sp³-hybridized carbons (Fsp3) is 0.571. The number of hydrogen-bond acceptors (Lipinski definition) is 2. The van der Waals surface area contributed by atoms with Gasteiger partial charge in [-0.15, -0.1) is 0 Å². The van der Waals surface area contributed by atoms with Gasteiger partial charge in [0.25, 0.3) is 0 Å². The molecule has 2 N–H and O–H groups in total. The van der Waals surface area contributed by atoms with Gasteiger partial charge in [-0.25, -0.2) is 0 Å². The van der Waals surface area contributed by atoms with Crippen molar-refractivity contribution in [2.24, 2.45) is 5.73 Å². The lowest BCUT2D eigenvalue weighted by atomic mass is 9.83. The Morgan fingerprint density at radius 2 is 2.00 bits per heavy atom. The first kappa shape index (κ1) is 11.5. The topological polar surface area (TPSA) is 35.2 Å². The van der Waals surface area contributed by atoms with Crippen LogP contribution in [0.25, 0.3) is 0 Å². The van der Waals surface area contributed by atoms with Crippen LogP contribution in [-0.2, 0) is 12.0 Å². The molecule has 0 atom stereocenters. The van der Waals surface area contributed by atoms with Gasteiger partial charge in [-0.05, 0) is 41.5 Å². The van der Waals surface area contributed by atoms with Gasteiger partial charge < -0.3 is 10.5 Å². The molecule has 0 radical (unpaired) electrons. The molecular weight excluding hydrogens is 198 g/mol. The fourth-order valence-electron chi connectivity index (χ4n) is 1.88. The van der Waals surface area contributed by atoms with E-state index in [0.717, 1.165) is 5.75 Å². The summed E-state index contributed by atoms with van der Waals surface area (Å²) >= 11 is 0. The van der Waals surface area contributed by atoms with Crippen molar-refractivity contribution in [3.8, 4) is 5.75 Å². The summed E-state index contributed by atoms with van der Waals surface area (Å²) in [5.41, 5.74) is 8.41. The molecule has 1 saturated carbocycles. The number of nitrogens with two attached hydrogens (primary N) is 1. The van der Waals surface area contributed by atoms with Gasteiger partial charge in [0.05, 0.1) is 6.10 Å². The molecule has 0 unspecified atom stereocenters. The Bertz CT molecular complexity index is 375. The second-order valence-electron chi connectivity index (χ2n) is 5.59. The number of benzene rings is 1. The average Bonchev–Trinajstić information content (AvgIpc) is 3.00. The summed E-state index contributed by atoms with van der Waals surface area (Å²) in [5.74, 6) is 0.990. The maximum absolute atomic E-state index is 5.82. The Labute approximate surface area is 97.8 Å². The van der Waals surface area contributed by atoms with Gasteiger partial charge in [0.15, 0.2) is 0 Å². The van der Waals surface area contributed by atoms with Gasteiger partial charge in [-0.2, -0.15) is 0 Å². The lowest BCUT2D eigenvalue weighted by Crippen LogP contribution is -2.16. The van der Waals surface area contributed by atoms with Gasteiger partial charge in [0.2, 0.25) is 0 Å². The molecular formula is C14H21NO. The van der Waals surface area contributed by atoms with E-state index in [1.54, 1.807) is 0 Å². The Hall–Kier alpha value is -1.02. The van der Waals surface area contributed by atoms with Gasteiger partial charge in [-0.1, -0.05) is 26.8 Å². The Kier molecular flexibility index (Phi) is 2.94. The minimum atomic E-state index is 0.123. The van der Waals surface area contributed by atoms with Crippen LogP contribution in [0.3, 0.4) is 0 Å². The van der Waals surface area contributed by atoms with E-state index in [0.29, 0.717) is 12.6 Å². The highest BCUT2D eigenvalue weighted by Gasteiger charge is 2.24. The molecule has 1 aliphatic rings. The van der Waals surface area contributed by atoms with E-state index in [1.807, 2.05) is 6.07 Å². The second-order valence-corrected chi connectivity index (χ2v) is 5.59. The smallest absolute Gasteiger partial charge is 0.120 e. The van der Waals surface area contributed by atoms with Crippen LogP contribution in [0.2, 0.25) is 0 Å². The maximum Gasteiger partial charge on any atom is 0.120 e. The van der Waals surface area contributed by atoms with E-state index in [-0.39, 0.29) is 5.41 Å². The lowest BCUT2D eigenvalue weighted by molar-refractivity contribution is 0.302. The molecule has 0 aliphatic heterocycles. The zero-order chi connectivity index (χ0) is 11.8. The second kappa shape index (κ2) is 4.10. The van der Waals surface area contributed by atoms with E-state index >= 15 is 0 Å². The molecule has 2 nitrogen and oxygen atoms in total. The van der Waals surface area contributed by atoms with Crippen molar-refractivity contribution in [2.45, 2.75) is 51.7 Å². The van der Waals surface area contributed by atoms with Crippen molar-refractivity contribution in [3.05, 3.63) is 29.3 Å².